The van der Waals surface area contributed by atoms with Crippen LogP contribution >= 0.6 is 23.2 Å². The molecular formula is C8H8Cl2N2O2. The molecule has 0 spiro atoms. The average molecular weight is 235 g/mol. The molecule has 14 heavy (non-hydrogen) atoms. The Bertz CT molecular complexity index is 305. The largest absolute Gasteiger partial charge is 0.440 e. The fourth-order valence-electron chi connectivity index (χ4n) is 0.727. The van der Waals surface area contributed by atoms with Crippen LogP contribution < -0.4 is 5.73 Å². The van der Waals surface area contributed by atoms with E-state index in [0.717, 1.165) is 0 Å². The van der Waals surface area contributed by atoms with Crippen LogP contribution in [0.4, 0.5) is 0 Å². The molecule has 6 heteroatoms. The summed E-state index contributed by atoms with van der Waals surface area (Å²) in [5.41, 5.74) is 5.63. The molecule has 0 bridgehead atoms. The SMILES string of the molecule is NC(OC(=O)c1cccnc1)C(Cl)Cl. The van der Waals surface area contributed by atoms with Crippen LogP contribution in [0.3, 0.4) is 0 Å². The molecule has 0 saturated carbocycles. The Morgan fingerprint density at radius 3 is 2.79 bits per heavy atom. The Morgan fingerprint density at radius 2 is 2.29 bits per heavy atom. The van der Waals surface area contributed by atoms with Gasteiger partial charge in [0, 0.05) is 12.4 Å². The number of nitrogens with two attached hydrogens (primary N) is 1. The number of carbonyl (C=O) groups excluding carboxylic acids is 1. The van der Waals surface area contributed by atoms with Crippen LogP contribution in [0.2, 0.25) is 0 Å². The second-order valence-corrected chi connectivity index (χ2v) is 3.61. The molecule has 0 aliphatic heterocycles. The molecule has 76 valence electrons. The standard InChI is InChI=1S/C8H8Cl2N2O2/c9-6(10)7(11)14-8(13)5-2-1-3-12-4-5/h1-4,6-7H,11H2. The molecule has 1 rings (SSSR count). The number of alkyl halides is 2. The van der Waals surface area contributed by atoms with Crippen molar-refractivity contribution in [3.63, 3.8) is 0 Å². The number of ether oxygens (including phenoxy) is 1. The lowest BCUT2D eigenvalue weighted by molar-refractivity contribution is 0.0343. The van der Waals surface area contributed by atoms with Crippen LogP contribution in [-0.2, 0) is 4.74 Å². The number of pyridine rings is 1. The maximum absolute atomic E-state index is 11.3. The van der Waals surface area contributed by atoms with Gasteiger partial charge < -0.3 is 4.74 Å². The van der Waals surface area contributed by atoms with Crippen molar-refractivity contribution in [2.45, 2.75) is 11.1 Å². The van der Waals surface area contributed by atoms with Crippen molar-refractivity contribution < 1.29 is 9.53 Å². The fourth-order valence-corrected chi connectivity index (χ4v) is 0.829. The number of halogens is 2. The Hall–Kier alpha value is -0.840. The van der Waals surface area contributed by atoms with Crippen LogP contribution in [-0.4, -0.2) is 22.0 Å². The summed E-state index contributed by atoms with van der Waals surface area (Å²) in [6.07, 6.45) is 1.88. The first-order valence-electron chi connectivity index (χ1n) is 3.76. The summed E-state index contributed by atoms with van der Waals surface area (Å²) >= 11 is 10.8. The van der Waals surface area contributed by atoms with E-state index in [2.05, 4.69) is 4.98 Å². The van der Waals surface area contributed by atoms with E-state index in [1.807, 2.05) is 0 Å². The van der Waals surface area contributed by atoms with Gasteiger partial charge in [-0.25, -0.2) is 4.79 Å². The van der Waals surface area contributed by atoms with Crippen molar-refractivity contribution in [2.24, 2.45) is 5.73 Å². The summed E-state index contributed by atoms with van der Waals surface area (Å²) in [7, 11) is 0. The molecule has 0 radical (unpaired) electrons. The Kier molecular flexibility index (Phi) is 4.13. The van der Waals surface area contributed by atoms with E-state index in [0.29, 0.717) is 5.56 Å². The number of rotatable bonds is 3. The minimum Gasteiger partial charge on any atom is -0.440 e. The smallest absolute Gasteiger partial charge is 0.341 e. The van der Waals surface area contributed by atoms with Gasteiger partial charge in [-0.1, -0.05) is 23.2 Å². The first kappa shape index (κ1) is 11.2. The first-order valence-corrected chi connectivity index (χ1v) is 4.63. The first-order chi connectivity index (χ1) is 6.61. The van der Waals surface area contributed by atoms with Gasteiger partial charge in [-0.2, -0.15) is 0 Å². The van der Waals surface area contributed by atoms with Crippen LogP contribution in [0.1, 0.15) is 10.4 Å². The van der Waals surface area contributed by atoms with Crippen molar-refractivity contribution in [1.82, 2.24) is 4.98 Å². The highest BCUT2D eigenvalue weighted by molar-refractivity contribution is 6.44. The van der Waals surface area contributed by atoms with Gasteiger partial charge in [0.15, 0.2) is 11.1 Å². The molecule has 0 aliphatic rings. The molecule has 2 N–H and O–H groups in total. The van der Waals surface area contributed by atoms with E-state index in [1.165, 1.54) is 6.20 Å². The third-order valence-corrected chi connectivity index (χ3v) is 1.89. The van der Waals surface area contributed by atoms with E-state index < -0.39 is 17.0 Å². The Labute approximate surface area is 91.0 Å². The molecular weight excluding hydrogens is 227 g/mol. The summed E-state index contributed by atoms with van der Waals surface area (Å²) in [4.78, 5) is 14.1. The summed E-state index contributed by atoms with van der Waals surface area (Å²) in [6.45, 7) is 0. The van der Waals surface area contributed by atoms with Gasteiger partial charge in [-0.3, -0.25) is 10.7 Å². The quantitative estimate of drug-likeness (QED) is 0.487. The fraction of sp³-hybridized carbons (Fsp3) is 0.250. The summed E-state index contributed by atoms with van der Waals surface area (Å²) in [5.74, 6) is -0.600. The predicted molar refractivity (Wildman–Crippen MR) is 53.1 cm³/mol. The van der Waals surface area contributed by atoms with Gasteiger partial charge >= 0.3 is 5.97 Å². The van der Waals surface area contributed by atoms with Crippen molar-refractivity contribution in [1.29, 1.82) is 0 Å². The van der Waals surface area contributed by atoms with Crippen LogP contribution in [0.25, 0.3) is 0 Å². The van der Waals surface area contributed by atoms with Crippen molar-refractivity contribution in [2.75, 3.05) is 0 Å². The predicted octanol–water partition coefficient (Wildman–Crippen LogP) is 1.33. The molecule has 1 aromatic heterocycles. The number of esters is 1. The van der Waals surface area contributed by atoms with E-state index in [-0.39, 0.29) is 0 Å². The van der Waals surface area contributed by atoms with Crippen LogP contribution in [0.5, 0.6) is 0 Å². The normalized spacial score (nSPS) is 12.6. The number of hydrogen-bond donors (Lipinski definition) is 1. The number of hydrogen-bond acceptors (Lipinski definition) is 4. The van der Waals surface area contributed by atoms with E-state index in [9.17, 15) is 4.79 Å². The van der Waals surface area contributed by atoms with Gasteiger partial charge in [0.1, 0.15) is 0 Å². The molecule has 0 saturated heterocycles. The number of nitrogens with zero attached hydrogens (tertiary/aromatic N) is 1. The molecule has 0 amide bonds. The molecule has 0 aromatic carbocycles. The summed E-state index contributed by atoms with van der Waals surface area (Å²) < 4.78 is 4.73. The van der Waals surface area contributed by atoms with Gasteiger partial charge in [0.05, 0.1) is 5.56 Å². The lowest BCUT2D eigenvalue weighted by Crippen LogP contribution is -2.33. The average Bonchev–Trinajstić information content (AvgIpc) is 2.19. The van der Waals surface area contributed by atoms with Crippen LogP contribution in [0.15, 0.2) is 24.5 Å². The molecule has 1 atom stereocenters. The lowest BCUT2D eigenvalue weighted by atomic mass is 10.3. The zero-order chi connectivity index (χ0) is 10.6. The molecule has 0 aliphatic carbocycles. The van der Waals surface area contributed by atoms with Crippen molar-refractivity contribution >= 4 is 29.2 Å². The zero-order valence-electron chi connectivity index (χ0n) is 7.06. The highest BCUT2D eigenvalue weighted by Crippen LogP contribution is 2.09. The molecule has 0 fully saturated rings. The minimum atomic E-state index is -1.04. The molecule has 1 unspecified atom stereocenters. The van der Waals surface area contributed by atoms with Gasteiger partial charge in [-0.15, -0.1) is 0 Å². The van der Waals surface area contributed by atoms with Gasteiger partial charge in [0.25, 0.3) is 0 Å². The second-order valence-electron chi connectivity index (χ2n) is 2.45. The van der Waals surface area contributed by atoms with E-state index >= 15 is 0 Å². The maximum atomic E-state index is 11.3. The second kappa shape index (κ2) is 5.14. The van der Waals surface area contributed by atoms with Crippen LogP contribution in [0, 0.1) is 0 Å². The third kappa shape index (κ3) is 3.14. The highest BCUT2D eigenvalue weighted by Gasteiger charge is 2.17. The summed E-state index contributed by atoms with van der Waals surface area (Å²) in [5, 5.41) is 0. The molecule has 1 aromatic rings. The maximum Gasteiger partial charge on any atom is 0.341 e. The zero-order valence-corrected chi connectivity index (χ0v) is 8.57. The van der Waals surface area contributed by atoms with Gasteiger partial charge in [0.2, 0.25) is 0 Å². The highest BCUT2D eigenvalue weighted by atomic mass is 35.5. The number of carbonyl (C=O) groups is 1. The topological polar surface area (TPSA) is 65.2 Å². The van der Waals surface area contributed by atoms with Gasteiger partial charge in [-0.05, 0) is 12.1 Å². The lowest BCUT2D eigenvalue weighted by Gasteiger charge is -2.12. The molecule has 1 heterocycles. The third-order valence-electron chi connectivity index (χ3n) is 1.39. The van der Waals surface area contributed by atoms with Crippen molar-refractivity contribution in [3.05, 3.63) is 30.1 Å². The molecule has 4 nitrogen and oxygen atoms in total. The Balaban J connectivity index is 2.60. The number of aromatic nitrogens is 1. The monoisotopic (exact) mass is 234 g/mol. The Morgan fingerprint density at radius 1 is 1.57 bits per heavy atom. The summed E-state index contributed by atoms with van der Waals surface area (Å²) in [6, 6.07) is 3.17. The van der Waals surface area contributed by atoms with Crippen molar-refractivity contribution in [3.8, 4) is 0 Å². The van der Waals surface area contributed by atoms with E-state index in [1.54, 1.807) is 18.3 Å². The minimum absolute atomic E-state index is 0.303. The van der Waals surface area contributed by atoms with E-state index in [4.69, 9.17) is 33.7 Å².